The summed E-state index contributed by atoms with van der Waals surface area (Å²) >= 11 is 1.17. The molecule has 1 amide bonds. The van der Waals surface area contributed by atoms with Gasteiger partial charge in [-0.2, -0.15) is 5.10 Å². The fourth-order valence-electron chi connectivity index (χ4n) is 2.65. The Morgan fingerprint density at radius 1 is 1.03 bits per heavy atom. The molecule has 1 aromatic heterocycles. The number of carboxylic acid groups (broad SMARTS) is 1. The molecule has 7 nitrogen and oxygen atoms in total. The second kappa shape index (κ2) is 8.62. The molecule has 0 saturated carbocycles. The van der Waals surface area contributed by atoms with Crippen LogP contribution in [0.25, 0.3) is 17.4 Å². The number of amidine groups is 1. The van der Waals surface area contributed by atoms with Crippen molar-refractivity contribution in [3.63, 3.8) is 0 Å². The van der Waals surface area contributed by atoms with Crippen molar-refractivity contribution in [3.8, 4) is 11.3 Å². The summed E-state index contributed by atoms with van der Waals surface area (Å²) in [6, 6.07) is 19.4. The van der Waals surface area contributed by atoms with Crippen LogP contribution in [0.3, 0.4) is 0 Å². The summed E-state index contributed by atoms with van der Waals surface area (Å²) in [5.74, 6) is -0.193. The predicted molar refractivity (Wildman–Crippen MR) is 116 cm³/mol. The van der Waals surface area contributed by atoms with E-state index in [1.54, 1.807) is 36.6 Å². The third-order valence-corrected chi connectivity index (χ3v) is 5.02. The number of carboxylic acids is 1. The molecule has 0 unspecified atom stereocenters. The Balaban J connectivity index is 1.46. The van der Waals surface area contributed by atoms with E-state index in [0.717, 1.165) is 11.1 Å². The van der Waals surface area contributed by atoms with Crippen LogP contribution >= 0.6 is 11.8 Å². The number of hydrogen-bond acceptors (Lipinski definition) is 6. The van der Waals surface area contributed by atoms with Crippen LogP contribution in [-0.4, -0.2) is 28.4 Å². The minimum absolute atomic E-state index is 0.202. The van der Waals surface area contributed by atoms with Crippen molar-refractivity contribution < 1.29 is 19.1 Å². The van der Waals surface area contributed by atoms with E-state index in [4.69, 9.17) is 9.52 Å². The lowest BCUT2D eigenvalue weighted by Crippen LogP contribution is -2.19. The first-order chi connectivity index (χ1) is 14.6. The Hall–Kier alpha value is -3.91. The predicted octanol–water partition coefficient (Wildman–Crippen LogP) is 4.24. The highest BCUT2D eigenvalue weighted by molar-refractivity contribution is 8.18. The molecule has 3 aromatic rings. The maximum Gasteiger partial charge on any atom is 0.335 e. The second-order valence-corrected chi connectivity index (χ2v) is 7.24. The van der Waals surface area contributed by atoms with Crippen LogP contribution in [0, 0.1) is 0 Å². The zero-order valence-electron chi connectivity index (χ0n) is 15.5. The van der Waals surface area contributed by atoms with Crippen molar-refractivity contribution in [2.75, 3.05) is 0 Å². The lowest BCUT2D eigenvalue weighted by Gasteiger charge is -1.98. The fraction of sp³-hybridized carbons (Fsp3) is 0. The first-order valence-corrected chi connectivity index (χ1v) is 9.71. The van der Waals surface area contributed by atoms with Gasteiger partial charge in [-0.25, -0.2) is 4.79 Å². The van der Waals surface area contributed by atoms with Crippen LogP contribution in [0.15, 0.2) is 86.3 Å². The largest absolute Gasteiger partial charge is 0.478 e. The van der Waals surface area contributed by atoms with Gasteiger partial charge in [-0.1, -0.05) is 42.5 Å². The minimum Gasteiger partial charge on any atom is -0.478 e. The van der Waals surface area contributed by atoms with Gasteiger partial charge in [0.2, 0.25) is 0 Å². The topological polar surface area (TPSA) is 104 Å². The number of amides is 1. The number of benzene rings is 2. The molecule has 0 bridgehead atoms. The van der Waals surface area contributed by atoms with Crippen molar-refractivity contribution >= 4 is 41.1 Å². The lowest BCUT2D eigenvalue weighted by molar-refractivity contribution is -0.115. The molecule has 0 radical (unpaired) electrons. The molecule has 30 heavy (non-hydrogen) atoms. The molecule has 0 atom stereocenters. The van der Waals surface area contributed by atoms with E-state index in [9.17, 15) is 9.59 Å². The molecule has 2 N–H and O–H groups in total. The molecular weight excluding hydrogens is 402 g/mol. The zero-order chi connectivity index (χ0) is 20.9. The van der Waals surface area contributed by atoms with Crippen LogP contribution in [0.2, 0.25) is 0 Å². The van der Waals surface area contributed by atoms with Gasteiger partial charge in [0, 0.05) is 11.6 Å². The summed E-state index contributed by atoms with van der Waals surface area (Å²) in [6.07, 6.45) is 3.23. The summed E-state index contributed by atoms with van der Waals surface area (Å²) in [6.45, 7) is 0. The summed E-state index contributed by atoms with van der Waals surface area (Å²) in [5.41, 5.74) is 1.85. The van der Waals surface area contributed by atoms with Crippen LogP contribution in [0.4, 0.5) is 0 Å². The number of furan rings is 1. The van der Waals surface area contributed by atoms with Crippen LogP contribution in [-0.2, 0) is 4.79 Å². The van der Waals surface area contributed by atoms with Gasteiger partial charge in [0.05, 0.1) is 16.7 Å². The Morgan fingerprint density at radius 2 is 1.80 bits per heavy atom. The van der Waals surface area contributed by atoms with Gasteiger partial charge < -0.3 is 9.52 Å². The first-order valence-electron chi connectivity index (χ1n) is 8.89. The van der Waals surface area contributed by atoms with Crippen LogP contribution in [0.5, 0.6) is 0 Å². The number of hydrogen-bond donors (Lipinski definition) is 2. The van der Waals surface area contributed by atoms with Crippen molar-refractivity contribution in [2.45, 2.75) is 0 Å². The monoisotopic (exact) mass is 417 g/mol. The van der Waals surface area contributed by atoms with Gasteiger partial charge in [-0.15, -0.1) is 5.10 Å². The lowest BCUT2D eigenvalue weighted by atomic mass is 10.1. The quantitative estimate of drug-likeness (QED) is 0.367. The van der Waals surface area contributed by atoms with Gasteiger partial charge >= 0.3 is 5.97 Å². The number of carbonyl (C=O) groups is 2. The SMILES string of the molecule is O=C1N/C(=N\N=Cc2ccccc2)SC1=Cc1ccc(-c2ccc(C(=O)O)cc2)o1. The maximum atomic E-state index is 12.2. The van der Waals surface area contributed by atoms with Crippen molar-refractivity contribution in [2.24, 2.45) is 10.2 Å². The number of nitrogens with one attached hydrogen (secondary N) is 1. The molecule has 1 aliphatic heterocycles. The molecular formula is C22H15N3O4S. The molecule has 1 aliphatic rings. The molecule has 2 aromatic carbocycles. The molecule has 2 heterocycles. The Bertz CT molecular complexity index is 1180. The van der Waals surface area contributed by atoms with Gasteiger partial charge in [-0.3, -0.25) is 10.1 Å². The number of aromatic carboxylic acids is 1. The highest BCUT2D eigenvalue weighted by atomic mass is 32.2. The fourth-order valence-corrected chi connectivity index (χ4v) is 3.41. The van der Waals surface area contributed by atoms with Gasteiger partial charge in [0.15, 0.2) is 5.17 Å². The van der Waals surface area contributed by atoms with Crippen LogP contribution < -0.4 is 5.32 Å². The third kappa shape index (κ3) is 4.56. The van der Waals surface area contributed by atoms with E-state index in [-0.39, 0.29) is 11.5 Å². The number of nitrogens with zero attached hydrogens (tertiary/aromatic N) is 2. The van der Waals surface area contributed by atoms with E-state index >= 15 is 0 Å². The first kappa shape index (κ1) is 19.4. The normalized spacial score (nSPS) is 16.5. The molecule has 8 heteroatoms. The average Bonchev–Trinajstić information content (AvgIpc) is 3.36. The molecule has 1 saturated heterocycles. The highest BCUT2D eigenvalue weighted by Crippen LogP contribution is 2.29. The second-order valence-electron chi connectivity index (χ2n) is 6.21. The smallest absolute Gasteiger partial charge is 0.335 e. The van der Waals surface area contributed by atoms with E-state index in [1.165, 1.54) is 23.9 Å². The number of thioether (sulfide) groups is 1. The van der Waals surface area contributed by atoms with Crippen molar-refractivity contribution in [1.29, 1.82) is 0 Å². The number of rotatable bonds is 5. The van der Waals surface area contributed by atoms with Gasteiger partial charge in [0.25, 0.3) is 5.91 Å². The van der Waals surface area contributed by atoms with E-state index in [2.05, 4.69) is 15.5 Å². The molecule has 0 spiro atoms. The summed E-state index contributed by atoms with van der Waals surface area (Å²) in [4.78, 5) is 23.6. The highest BCUT2D eigenvalue weighted by Gasteiger charge is 2.24. The molecule has 4 rings (SSSR count). The summed E-state index contributed by atoms with van der Waals surface area (Å²) in [7, 11) is 0. The van der Waals surface area contributed by atoms with E-state index in [1.807, 2.05) is 30.3 Å². The summed E-state index contributed by atoms with van der Waals surface area (Å²) in [5, 5.41) is 20.1. The average molecular weight is 417 g/mol. The molecule has 0 aliphatic carbocycles. The minimum atomic E-state index is -0.985. The number of carbonyl (C=O) groups excluding carboxylic acids is 1. The Kier molecular flexibility index (Phi) is 5.58. The van der Waals surface area contributed by atoms with Gasteiger partial charge in [-0.05, 0) is 41.6 Å². The van der Waals surface area contributed by atoms with Crippen molar-refractivity contribution in [3.05, 3.63) is 88.5 Å². The van der Waals surface area contributed by atoms with Crippen LogP contribution in [0.1, 0.15) is 21.7 Å². The van der Waals surface area contributed by atoms with Gasteiger partial charge in [0.1, 0.15) is 11.5 Å². The molecule has 1 fully saturated rings. The molecule has 148 valence electrons. The zero-order valence-corrected chi connectivity index (χ0v) is 16.3. The Labute approximate surface area is 175 Å². The Morgan fingerprint density at radius 3 is 2.53 bits per heavy atom. The van der Waals surface area contributed by atoms with E-state index in [0.29, 0.717) is 21.6 Å². The van der Waals surface area contributed by atoms with Crippen molar-refractivity contribution in [1.82, 2.24) is 5.32 Å². The third-order valence-electron chi connectivity index (χ3n) is 4.12. The maximum absolute atomic E-state index is 12.2. The standard InChI is InChI=1S/C22H15N3O4S/c26-20-19(30-22(24-20)25-23-13-14-4-2-1-3-5-14)12-17-10-11-18(29-17)15-6-8-16(9-7-15)21(27)28/h1-13H,(H,27,28)(H,24,25,26). The summed E-state index contributed by atoms with van der Waals surface area (Å²) < 4.78 is 5.77. The van der Waals surface area contributed by atoms with E-state index < -0.39 is 5.97 Å².